The fraction of sp³-hybridized carbons (Fsp3) is 0.630. The maximum Gasteiger partial charge on any atom is 0.404 e. The first kappa shape index (κ1) is 32.2. The SMILES string of the molecule is Cn1c(=O)n(C2CCC(=O)NC2=O)c2ccc(CCCOCCOCCOCCOCCOCCNC(=O)O)cc21. The van der Waals surface area contributed by atoms with Crippen LogP contribution in [0.1, 0.15) is 30.9 Å². The van der Waals surface area contributed by atoms with Gasteiger partial charge in [0.05, 0.1) is 70.5 Å². The van der Waals surface area contributed by atoms with Gasteiger partial charge in [0.2, 0.25) is 11.8 Å². The van der Waals surface area contributed by atoms with Crippen LogP contribution in [-0.2, 0) is 46.7 Å². The largest absolute Gasteiger partial charge is 0.465 e. The third kappa shape index (κ3) is 10.6. The van der Waals surface area contributed by atoms with Crippen molar-refractivity contribution in [3.05, 3.63) is 34.2 Å². The first-order chi connectivity index (χ1) is 19.9. The van der Waals surface area contributed by atoms with Crippen LogP contribution < -0.4 is 16.3 Å². The second-order valence-electron chi connectivity index (χ2n) is 9.40. The summed E-state index contributed by atoms with van der Waals surface area (Å²) >= 11 is 0. The first-order valence-electron chi connectivity index (χ1n) is 13.8. The fourth-order valence-corrected chi connectivity index (χ4v) is 4.38. The molecule has 228 valence electrons. The smallest absolute Gasteiger partial charge is 0.404 e. The van der Waals surface area contributed by atoms with E-state index >= 15 is 0 Å². The van der Waals surface area contributed by atoms with Crippen LogP contribution in [0.5, 0.6) is 0 Å². The summed E-state index contributed by atoms with van der Waals surface area (Å²) < 4.78 is 30.1. The number of fused-ring (bicyclic) bond motifs is 1. The van der Waals surface area contributed by atoms with Gasteiger partial charge in [0.25, 0.3) is 0 Å². The summed E-state index contributed by atoms with van der Waals surface area (Å²) in [6, 6.07) is 5.09. The van der Waals surface area contributed by atoms with Gasteiger partial charge in [-0.05, 0) is 37.0 Å². The van der Waals surface area contributed by atoms with E-state index in [1.54, 1.807) is 7.05 Å². The highest BCUT2D eigenvalue weighted by Gasteiger charge is 2.31. The van der Waals surface area contributed by atoms with E-state index in [2.05, 4.69) is 10.6 Å². The zero-order chi connectivity index (χ0) is 29.5. The monoisotopic (exact) mass is 580 g/mol. The molecule has 1 unspecified atom stereocenters. The molecule has 1 aromatic carbocycles. The van der Waals surface area contributed by atoms with E-state index in [4.69, 9.17) is 28.8 Å². The summed E-state index contributed by atoms with van der Waals surface area (Å²) in [6.07, 6.45) is 1.03. The number of ether oxygens (including phenoxy) is 5. The molecule has 41 heavy (non-hydrogen) atoms. The number of aromatic nitrogens is 2. The second-order valence-corrected chi connectivity index (χ2v) is 9.40. The minimum Gasteiger partial charge on any atom is -0.465 e. The molecular weight excluding hydrogens is 540 g/mol. The molecule has 2 aromatic rings. The van der Waals surface area contributed by atoms with E-state index in [0.29, 0.717) is 78.0 Å². The maximum atomic E-state index is 12.9. The van der Waals surface area contributed by atoms with Crippen molar-refractivity contribution in [1.82, 2.24) is 19.8 Å². The molecule has 3 N–H and O–H groups in total. The molecule has 1 aromatic heterocycles. The summed E-state index contributed by atoms with van der Waals surface area (Å²) in [5, 5.41) is 12.9. The van der Waals surface area contributed by atoms with Crippen molar-refractivity contribution in [2.75, 3.05) is 72.6 Å². The van der Waals surface area contributed by atoms with Crippen LogP contribution in [0, 0.1) is 0 Å². The Balaban J connectivity index is 1.20. The molecule has 1 aliphatic heterocycles. The number of imidazole rings is 1. The van der Waals surface area contributed by atoms with E-state index in [0.717, 1.165) is 23.9 Å². The average molecular weight is 581 g/mol. The summed E-state index contributed by atoms with van der Waals surface area (Å²) in [6.45, 7) is 4.68. The lowest BCUT2D eigenvalue weighted by atomic mass is 10.1. The summed E-state index contributed by atoms with van der Waals surface area (Å²) in [5.74, 6) is -0.753. The van der Waals surface area contributed by atoms with Gasteiger partial charge in [-0.1, -0.05) is 6.07 Å². The molecule has 0 bridgehead atoms. The lowest BCUT2D eigenvalue weighted by Gasteiger charge is -2.21. The second kappa shape index (κ2) is 17.5. The highest BCUT2D eigenvalue weighted by atomic mass is 16.6. The molecule has 0 spiro atoms. The molecule has 3 amide bonds. The van der Waals surface area contributed by atoms with Gasteiger partial charge in [-0.15, -0.1) is 0 Å². The van der Waals surface area contributed by atoms with Crippen molar-refractivity contribution in [2.45, 2.75) is 31.7 Å². The van der Waals surface area contributed by atoms with E-state index in [-0.39, 0.29) is 24.6 Å². The van der Waals surface area contributed by atoms with Gasteiger partial charge in [-0.2, -0.15) is 0 Å². The average Bonchev–Trinajstić information content (AvgIpc) is 3.19. The quantitative estimate of drug-likeness (QED) is 0.149. The number of aryl methyl sites for hydroxylation is 2. The van der Waals surface area contributed by atoms with E-state index in [9.17, 15) is 19.2 Å². The third-order valence-corrected chi connectivity index (χ3v) is 6.44. The van der Waals surface area contributed by atoms with Gasteiger partial charge in [0, 0.05) is 26.6 Å². The predicted molar refractivity (Wildman–Crippen MR) is 147 cm³/mol. The van der Waals surface area contributed by atoms with Gasteiger partial charge in [0.1, 0.15) is 6.04 Å². The molecule has 0 aliphatic carbocycles. The molecule has 1 aliphatic rings. The lowest BCUT2D eigenvalue weighted by Crippen LogP contribution is -2.44. The fourth-order valence-electron chi connectivity index (χ4n) is 4.38. The molecule has 2 heterocycles. The summed E-state index contributed by atoms with van der Waals surface area (Å²) in [5.41, 5.74) is 2.21. The van der Waals surface area contributed by atoms with Crippen molar-refractivity contribution < 1.29 is 43.2 Å². The number of nitrogens with zero attached hydrogens (tertiary/aromatic N) is 2. The Morgan fingerprint density at radius 1 is 0.902 bits per heavy atom. The van der Waals surface area contributed by atoms with E-state index < -0.39 is 18.0 Å². The van der Waals surface area contributed by atoms with E-state index in [1.807, 2.05) is 18.2 Å². The van der Waals surface area contributed by atoms with Crippen LogP contribution in [-0.4, -0.2) is 105 Å². The highest BCUT2D eigenvalue weighted by Crippen LogP contribution is 2.24. The number of piperidine rings is 1. The third-order valence-electron chi connectivity index (χ3n) is 6.44. The number of imide groups is 1. The number of benzene rings is 1. The van der Waals surface area contributed by atoms with Gasteiger partial charge < -0.3 is 34.1 Å². The molecule has 14 nitrogen and oxygen atoms in total. The number of hydrogen-bond acceptors (Lipinski definition) is 9. The summed E-state index contributed by atoms with van der Waals surface area (Å²) in [4.78, 5) is 47.0. The Bertz CT molecular complexity index is 1190. The van der Waals surface area contributed by atoms with Gasteiger partial charge in [-0.25, -0.2) is 9.59 Å². The Morgan fingerprint density at radius 3 is 2.07 bits per heavy atom. The molecule has 3 rings (SSSR count). The summed E-state index contributed by atoms with van der Waals surface area (Å²) in [7, 11) is 1.68. The number of carbonyl (C=O) groups excluding carboxylic acids is 2. The zero-order valence-corrected chi connectivity index (χ0v) is 23.4. The molecule has 1 atom stereocenters. The van der Waals surface area contributed by atoms with Crippen molar-refractivity contribution in [3.8, 4) is 0 Å². The number of rotatable bonds is 20. The van der Waals surface area contributed by atoms with Crippen molar-refractivity contribution in [1.29, 1.82) is 0 Å². The molecule has 1 saturated heterocycles. The van der Waals surface area contributed by atoms with Crippen molar-refractivity contribution in [3.63, 3.8) is 0 Å². The zero-order valence-electron chi connectivity index (χ0n) is 23.4. The standard InChI is InChI=1S/C27H40N4O10/c1-30-23-19-20(4-5-21(23)31(27(30)36)22-6-7-24(32)29-25(22)33)3-2-9-37-11-13-39-15-17-41-18-16-40-14-12-38-10-8-28-26(34)35/h4-5,19,22,28H,2-3,6-18H2,1H3,(H,34,35)(H,29,32,33). The molecular formula is C27H40N4O10. The van der Waals surface area contributed by atoms with Crippen molar-refractivity contribution in [2.24, 2.45) is 7.05 Å². The van der Waals surface area contributed by atoms with Crippen LogP contribution in [0.2, 0.25) is 0 Å². The minimum atomic E-state index is -1.07. The molecule has 1 fully saturated rings. The number of hydrogen-bond donors (Lipinski definition) is 3. The highest BCUT2D eigenvalue weighted by molar-refractivity contribution is 6.00. The molecule has 0 saturated carbocycles. The normalized spacial score (nSPS) is 15.4. The van der Waals surface area contributed by atoms with E-state index in [1.165, 1.54) is 9.13 Å². The Kier molecular flexibility index (Phi) is 13.8. The first-order valence-corrected chi connectivity index (χ1v) is 13.8. The number of carbonyl (C=O) groups is 3. The van der Waals surface area contributed by atoms with Gasteiger partial charge in [-0.3, -0.25) is 24.0 Å². The van der Waals surface area contributed by atoms with Crippen LogP contribution in [0.4, 0.5) is 4.79 Å². The number of amides is 3. The van der Waals surface area contributed by atoms with Crippen molar-refractivity contribution >= 4 is 28.9 Å². The Morgan fingerprint density at radius 2 is 1.49 bits per heavy atom. The van der Waals surface area contributed by atoms with Crippen LogP contribution in [0.25, 0.3) is 11.0 Å². The molecule has 14 heteroatoms. The minimum absolute atomic E-state index is 0.211. The topological polar surface area (TPSA) is 169 Å². The number of nitrogens with one attached hydrogen (secondary N) is 2. The van der Waals surface area contributed by atoms with Crippen LogP contribution in [0.3, 0.4) is 0 Å². The van der Waals surface area contributed by atoms with Crippen LogP contribution >= 0.6 is 0 Å². The predicted octanol–water partition coefficient (Wildman–Crippen LogP) is 0.601. The number of carboxylic acid groups (broad SMARTS) is 1. The Hall–Kier alpha value is -3.30. The lowest BCUT2D eigenvalue weighted by molar-refractivity contribution is -0.135. The molecule has 0 radical (unpaired) electrons. The van der Waals surface area contributed by atoms with Gasteiger partial charge in [0.15, 0.2) is 0 Å². The maximum absolute atomic E-state index is 12.9. The Labute approximate surface area is 237 Å². The van der Waals surface area contributed by atoms with Crippen LogP contribution in [0.15, 0.2) is 23.0 Å². The van der Waals surface area contributed by atoms with Gasteiger partial charge >= 0.3 is 11.8 Å².